The van der Waals surface area contributed by atoms with E-state index < -0.39 is 0 Å². The summed E-state index contributed by atoms with van der Waals surface area (Å²) in [5.41, 5.74) is 0. The van der Waals surface area contributed by atoms with Gasteiger partial charge in [-0.2, -0.15) is 0 Å². The third-order valence-electron chi connectivity index (χ3n) is 3.67. The van der Waals surface area contributed by atoms with E-state index in [-0.39, 0.29) is 23.8 Å². The van der Waals surface area contributed by atoms with Gasteiger partial charge < -0.3 is 15.1 Å². The van der Waals surface area contributed by atoms with Crippen LogP contribution in [0.1, 0.15) is 19.3 Å². The number of amides is 2. The lowest BCUT2D eigenvalue weighted by molar-refractivity contribution is -0.144. The average Bonchev–Trinajstić information content (AvgIpc) is 2.97. The lowest BCUT2D eigenvalue weighted by Crippen LogP contribution is -2.47. The van der Waals surface area contributed by atoms with Gasteiger partial charge in [0.15, 0.2) is 0 Å². The highest BCUT2D eigenvalue weighted by molar-refractivity contribution is 5.89. The van der Waals surface area contributed by atoms with Gasteiger partial charge in [-0.15, -0.1) is 0 Å². The van der Waals surface area contributed by atoms with Crippen LogP contribution in [-0.4, -0.2) is 61.4 Å². The van der Waals surface area contributed by atoms with Crippen molar-refractivity contribution in [3.63, 3.8) is 0 Å². The van der Waals surface area contributed by atoms with Gasteiger partial charge in [-0.05, 0) is 25.8 Å². The summed E-state index contributed by atoms with van der Waals surface area (Å²) in [6, 6.07) is -0.224. The topological polar surface area (TPSA) is 52.7 Å². The van der Waals surface area contributed by atoms with Gasteiger partial charge in [0, 0.05) is 27.2 Å². The molecule has 0 aromatic heterocycles. The maximum Gasteiger partial charge on any atom is 0.244 e. The lowest BCUT2D eigenvalue weighted by atomic mass is 10.1. The third-order valence-corrected chi connectivity index (χ3v) is 3.67. The van der Waals surface area contributed by atoms with Gasteiger partial charge >= 0.3 is 0 Å². The molecule has 0 radical (unpaired) electrons. The Morgan fingerprint density at radius 1 is 1.29 bits per heavy atom. The minimum atomic E-state index is -0.224. The molecule has 0 aromatic carbocycles. The van der Waals surface area contributed by atoms with Crippen LogP contribution in [0.15, 0.2) is 0 Å². The normalized spacial score (nSPS) is 28.5. The molecule has 96 valence electrons. The quantitative estimate of drug-likeness (QED) is 0.718. The van der Waals surface area contributed by atoms with E-state index in [4.69, 9.17) is 0 Å². The first-order valence-electron chi connectivity index (χ1n) is 6.33. The van der Waals surface area contributed by atoms with E-state index in [2.05, 4.69) is 5.32 Å². The molecule has 0 spiro atoms. The van der Waals surface area contributed by atoms with Crippen molar-refractivity contribution in [2.45, 2.75) is 25.3 Å². The molecule has 2 aliphatic rings. The van der Waals surface area contributed by atoms with Crippen molar-refractivity contribution in [2.24, 2.45) is 5.92 Å². The monoisotopic (exact) mass is 239 g/mol. The van der Waals surface area contributed by atoms with Gasteiger partial charge in [0.25, 0.3) is 0 Å². The van der Waals surface area contributed by atoms with Crippen molar-refractivity contribution in [1.82, 2.24) is 15.1 Å². The van der Waals surface area contributed by atoms with Gasteiger partial charge in [-0.3, -0.25) is 9.59 Å². The van der Waals surface area contributed by atoms with E-state index in [0.29, 0.717) is 0 Å². The van der Waals surface area contributed by atoms with Crippen LogP contribution in [0.25, 0.3) is 0 Å². The summed E-state index contributed by atoms with van der Waals surface area (Å²) in [6.07, 6.45) is 2.65. The fourth-order valence-corrected chi connectivity index (χ4v) is 2.69. The van der Waals surface area contributed by atoms with Crippen molar-refractivity contribution in [2.75, 3.05) is 33.7 Å². The van der Waals surface area contributed by atoms with Gasteiger partial charge in [0.05, 0.1) is 5.92 Å². The molecule has 2 amide bonds. The summed E-state index contributed by atoms with van der Waals surface area (Å²) < 4.78 is 0. The zero-order chi connectivity index (χ0) is 12.4. The van der Waals surface area contributed by atoms with Crippen LogP contribution >= 0.6 is 0 Å². The summed E-state index contributed by atoms with van der Waals surface area (Å²) in [6.45, 7) is 2.41. The smallest absolute Gasteiger partial charge is 0.244 e. The van der Waals surface area contributed by atoms with Crippen LogP contribution in [0.3, 0.4) is 0 Å². The van der Waals surface area contributed by atoms with Crippen LogP contribution in [0.4, 0.5) is 0 Å². The number of hydrogen-bond acceptors (Lipinski definition) is 3. The van der Waals surface area contributed by atoms with Crippen LogP contribution in [0.5, 0.6) is 0 Å². The van der Waals surface area contributed by atoms with Crippen molar-refractivity contribution in [3.8, 4) is 0 Å². The number of nitrogens with zero attached hydrogens (tertiary/aromatic N) is 2. The number of nitrogens with one attached hydrogen (secondary N) is 1. The molecule has 2 rings (SSSR count). The summed E-state index contributed by atoms with van der Waals surface area (Å²) >= 11 is 0. The van der Waals surface area contributed by atoms with Gasteiger partial charge in [-0.1, -0.05) is 0 Å². The molecule has 0 bridgehead atoms. The third kappa shape index (κ3) is 2.44. The number of rotatable bonds is 2. The highest BCUT2D eigenvalue weighted by Gasteiger charge is 2.38. The molecule has 5 heteroatoms. The zero-order valence-electron chi connectivity index (χ0n) is 10.6. The van der Waals surface area contributed by atoms with Crippen molar-refractivity contribution in [1.29, 1.82) is 0 Å². The molecule has 2 saturated heterocycles. The molecule has 2 atom stereocenters. The maximum atomic E-state index is 12.3. The fourth-order valence-electron chi connectivity index (χ4n) is 2.69. The van der Waals surface area contributed by atoms with Crippen molar-refractivity contribution in [3.05, 3.63) is 0 Å². The van der Waals surface area contributed by atoms with E-state index in [9.17, 15) is 9.59 Å². The SMILES string of the molecule is CN(C)C(=O)C1CCCN1C(=O)C1CCNC1. The highest BCUT2D eigenvalue weighted by Crippen LogP contribution is 2.23. The summed E-state index contributed by atoms with van der Waals surface area (Å²) in [5.74, 6) is 0.292. The highest BCUT2D eigenvalue weighted by atomic mass is 16.2. The lowest BCUT2D eigenvalue weighted by Gasteiger charge is -2.28. The first-order valence-corrected chi connectivity index (χ1v) is 6.33. The summed E-state index contributed by atoms with van der Waals surface area (Å²) in [7, 11) is 3.50. The van der Waals surface area contributed by atoms with Crippen LogP contribution in [0.2, 0.25) is 0 Å². The second-order valence-electron chi connectivity index (χ2n) is 5.11. The molecule has 2 aliphatic heterocycles. The Kier molecular flexibility index (Phi) is 3.66. The number of likely N-dealkylation sites (tertiary alicyclic amines) is 1. The average molecular weight is 239 g/mol. The van der Waals surface area contributed by atoms with Crippen LogP contribution in [0, 0.1) is 5.92 Å². The maximum absolute atomic E-state index is 12.3. The molecular formula is C12H21N3O2. The van der Waals surface area contributed by atoms with Gasteiger partial charge in [-0.25, -0.2) is 0 Å². The molecule has 0 aromatic rings. The number of hydrogen-bond donors (Lipinski definition) is 1. The first-order chi connectivity index (χ1) is 8.11. The molecule has 1 N–H and O–H groups in total. The predicted octanol–water partition coefficient (Wildman–Crippen LogP) is -0.325. The first kappa shape index (κ1) is 12.4. The number of carbonyl (C=O) groups excluding carboxylic acids is 2. The second kappa shape index (κ2) is 5.04. The Bertz CT molecular complexity index is 311. The van der Waals surface area contributed by atoms with E-state index >= 15 is 0 Å². The minimum Gasteiger partial charge on any atom is -0.347 e. The largest absolute Gasteiger partial charge is 0.347 e. The minimum absolute atomic E-state index is 0.0572. The van der Waals surface area contributed by atoms with Crippen LogP contribution in [-0.2, 0) is 9.59 Å². The zero-order valence-corrected chi connectivity index (χ0v) is 10.6. The van der Waals surface area contributed by atoms with Gasteiger partial charge in [0.1, 0.15) is 6.04 Å². The Hall–Kier alpha value is -1.10. The van der Waals surface area contributed by atoms with Crippen molar-refractivity contribution >= 4 is 11.8 Å². The molecular weight excluding hydrogens is 218 g/mol. The van der Waals surface area contributed by atoms with Crippen LogP contribution < -0.4 is 5.32 Å². The van der Waals surface area contributed by atoms with E-state index in [1.807, 2.05) is 0 Å². The Morgan fingerprint density at radius 3 is 2.65 bits per heavy atom. The molecule has 0 saturated carbocycles. The standard InChI is InChI=1S/C12H21N3O2/c1-14(2)12(17)10-4-3-7-15(10)11(16)9-5-6-13-8-9/h9-10,13H,3-8H2,1-2H3. The second-order valence-corrected chi connectivity index (χ2v) is 5.11. The Labute approximate surface area is 102 Å². The molecule has 17 heavy (non-hydrogen) atoms. The van der Waals surface area contributed by atoms with Gasteiger partial charge in [0.2, 0.25) is 11.8 Å². The predicted molar refractivity (Wildman–Crippen MR) is 64.4 cm³/mol. The van der Waals surface area contributed by atoms with E-state index in [0.717, 1.165) is 38.9 Å². The number of carbonyl (C=O) groups is 2. The summed E-state index contributed by atoms with van der Waals surface area (Å²) in [5, 5.41) is 3.20. The Morgan fingerprint density at radius 2 is 2.06 bits per heavy atom. The molecule has 2 fully saturated rings. The number of likely N-dealkylation sites (N-methyl/N-ethyl adjacent to an activating group) is 1. The van der Waals surface area contributed by atoms with E-state index in [1.165, 1.54) is 0 Å². The molecule has 2 unspecified atom stereocenters. The molecule has 5 nitrogen and oxygen atoms in total. The summed E-state index contributed by atoms with van der Waals surface area (Å²) in [4.78, 5) is 27.7. The molecule has 2 heterocycles. The molecule has 0 aliphatic carbocycles. The van der Waals surface area contributed by atoms with E-state index in [1.54, 1.807) is 23.9 Å². The van der Waals surface area contributed by atoms with Crippen molar-refractivity contribution < 1.29 is 9.59 Å². The fraction of sp³-hybridized carbons (Fsp3) is 0.833. The Balaban J connectivity index is 2.03.